The highest BCUT2D eigenvalue weighted by Gasteiger charge is 2.19. The van der Waals surface area contributed by atoms with Crippen molar-refractivity contribution < 1.29 is 14.7 Å². The average Bonchev–Trinajstić information content (AvgIpc) is 2.46. The lowest BCUT2D eigenvalue weighted by molar-refractivity contribution is 0.0693. The second-order valence-electron chi connectivity index (χ2n) is 4.77. The van der Waals surface area contributed by atoms with Gasteiger partial charge in [0.05, 0.1) is 5.56 Å². The van der Waals surface area contributed by atoms with Crippen LogP contribution in [-0.4, -0.2) is 31.0 Å². The maximum absolute atomic E-state index is 12.5. The molecule has 0 saturated heterocycles. The number of halogens is 1. The molecule has 2 aromatic carbocycles. The van der Waals surface area contributed by atoms with Gasteiger partial charge in [-0.15, -0.1) is 0 Å². The van der Waals surface area contributed by atoms with Gasteiger partial charge in [-0.05, 0) is 42.5 Å². The van der Waals surface area contributed by atoms with Crippen LogP contribution in [0.4, 0.5) is 5.69 Å². The molecule has 0 aliphatic heterocycles. The van der Waals surface area contributed by atoms with E-state index in [4.69, 9.17) is 11.6 Å². The third kappa shape index (κ3) is 3.23. The molecule has 0 radical (unpaired) electrons. The van der Waals surface area contributed by atoms with E-state index in [2.05, 4.69) is 0 Å². The van der Waals surface area contributed by atoms with Gasteiger partial charge in [0.1, 0.15) is 0 Å². The Labute approximate surface area is 127 Å². The zero-order chi connectivity index (χ0) is 15.6. The first-order valence-electron chi connectivity index (χ1n) is 6.25. The summed E-state index contributed by atoms with van der Waals surface area (Å²) in [4.78, 5) is 25.6. The molecule has 0 unspecified atom stereocenters. The standard InChI is InChI=1S/C16H14ClNO3/c1-18(2)12-7-8-13(16(20)21)14(9-12)15(19)10-3-5-11(17)6-4-10/h3-9H,1-2H3,(H,20,21). The third-order valence-electron chi connectivity index (χ3n) is 3.10. The number of rotatable bonds is 4. The minimum absolute atomic E-state index is 0.0134. The summed E-state index contributed by atoms with van der Waals surface area (Å²) in [5.41, 5.74) is 1.31. The van der Waals surface area contributed by atoms with Crippen LogP contribution in [0.1, 0.15) is 26.3 Å². The Morgan fingerprint density at radius 3 is 2.14 bits per heavy atom. The highest BCUT2D eigenvalue weighted by Crippen LogP contribution is 2.22. The van der Waals surface area contributed by atoms with Crippen LogP contribution in [0.15, 0.2) is 42.5 Å². The number of aromatic carboxylic acids is 1. The Hall–Kier alpha value is -2.33. The highest BCUT2D eigenvalue weighted by atomic mass is 35.5. The molecule has 0 heterocycles. The Morgan fingerprint density at radius 2 is 1.62 bits per heavy atom. The van der Waals surface area contributed by atoms with E-state index in [0.717, 1.165) is 5.69 Å². The molecule has 0 fully saturated rings. The Balaban J connectivity index is 2.54. The van der Waals surface area contributed by atoms with Crippen LogP contribution >= 0.6 is 11.6 Å². The van der Waals surface area contributed by atoms with Gasteiger partial charge in [0.2, 0.25) is 0 Å². The fourth-order valence-electron chi connectivity index (χ4n) is 1.94. The van der Waals surface area contributed by atoms with Crippen LogP contribution in [0.3, 0.4) is 0 Å². The zero-order valence-corrected chi connectivity index (χ0v) is 12.4. The van der Waals surface area contributed by atoms with Gasteiger partial charge in [-0.3, -0.25) is 4.79 Å². The minimum atomic E-state index is -1.13. The summed E-state index contributed by atoms with van der Waals surface area (Å²) in [6.07, 6.45) is 0. The molecule has 0 saturated carbocycles. The topological polar surface area (TPSA) is 57.6 Å². The van der Waals surface area contributed by atoms with E-state index in [0.29, 0.717) is 10.6 Å². The van der Waals surface area contributed by atoms with Crippen molar-refractivity contribution in [2.24, 2.45) is 0 Å². The summed E-state index contributed by atoms with van der Waals surface area (Å²) in [5, 5.41) is 9.77. The number of hydrogen-bond donors (Lipinski definition) is 1. The molecule has 0 amide bonds. The van der Waals surface area contributed by atoms with Gasteiger partial charge in [0, 0.05) is 35.9 Å². The molecule has 108 valence electrons. The highest BCUT2D eigenvalue weighted by molar-refractivity contribution is 6.30. The Morgan fingerprint density at radius 1 is 1.00 bits per heavy atom. The Bertz CT molecular complexity index is 693. The molecule has 0 bridgehead atoms. The fraction of sp³-hybridized carbons (Fsp3) is 0.125. The monoisotopic (exact) mass is 303 g/mol. The normalized spacial score (nSPS) is 10.2. The van der Waals surface area contributed by atoms with E-state index in [9.17, 15) is 14.7 Å². The summed E-state index contributed by atoms with van der Waals surface area (Å²) in [6, 6.07) is 11.1. The average molecular weight is 304 g/mol. The van der Waals surface area contributed by atoms with Gasteiger partial charge in [0.15, 0.2) is 5.78 Å². The van der Waals surface area contributed by atoms with Crippen LogP contribution in [0, 0.1) is 0 Å². The second-order valence-corrected chi connectivity index (χ2v) is 5.20. The van der Waals surface area contributed by atoms with Crippen LogP contribution in [0.5, 0.6) is 0 Å². The smallest absolute Gasteiger partial charge is 0.336 e. The van der Waals surface area contributed by atoms with Gasteiger partial charge < -0.3 is 10.0 Å². The number of anilines is 1. The minimum Gasteiger partial charge on any atom is -0.478 e. The van der Waals surface area contributed by atoms with E-state index in [-0.39, 0.29) is 16.9 Å². The molecular formula is C16H14ClNO3. The lowest BCUT2D eigenvalue weighted by Crippen LogP contribution is -2.14. The van der Waals surface area contributed by atoms with Crippen molar-refractivity contribution in [3.05, 3.63) is 64.2 Å². The quantitative estimate of drug-likeness (QED) is 0.880. The fourth-order valence-corrected chi connectivity index (χ4v) is 2.07. The molecule has 0 atom stereocenters. The van der Waals surface area contributed by atoms with Crippen molar-refractivity contribution in [2.45, 2.75) is 0 Å². The first-order chi connectivity index (χ1) is 9.90. The molecule has 4 nitrogen and oxygen atoms in total. The van der Waals surface area contributed by atoms with Crippen molar-refractivity contribution in [1.82, 2.24) is 0 Å². The number of carbonyl (C=O) groups is 2. The zero-order valence-electron chi connectivity index (χ0n) is 11.6. The molecule has 21 heavy (non-hydrogen) atoms. The van der Waals surface area contributed by atoms with E-state index in [1.807, 2.05) is 19.0 Å². The first-order valence-corrected chi connectivity index (χ1v) is 6.63. The molecule has 0 aliphatic rings. The maximum atomic E-state index is 12.5. The van der Waals surface area contributed by atoms with Crippen molar-refractivity contribution in [3.8, 4) is 0 Å². The number of carbonyl (C=O) groups excluding carboxylic acids is 1. The van der Waals surface area contributed by atoms with E-state index in [1.54, 1.807) is 36.4 Å². The summed E-state index contributed by atoms with van der Waals surface area (Å²) in [6.45, 7) is 0. The van der Waals surface area contributed by atoms with Gasteiger partial charge in [0.25, 0.3) is 0 Å². The Kier molecular flexibility index (Phi) is 4.29. The summed E-state index contributed by atoms with van der Waals surface area (Å²) in [5.74, 6) is -1.47. The van der Waals surface area contributed by atoms with Crippen molar-refractivity contribution in [2.75, 3.05) is 19.0 Å². The summed E-state index contributed by atoms with van der Waals surface area (Å²) >= 11 is 5.80. The molecule has 2 rings (SSSR count). The number of nitrogens with zero attached hydrogens (tertiary/aromatic N) is 1. The number of benzene rings is 2. The molecular weight excluding hydrogens is 290 g/mol. The van der Waals surface area contributed by atoms with Gasteiger partial charge in [-0.2, -0.15) is 0 Å². The van der Waals surface area contributed by atoms with Gasteiger partial charge >= 0.3 is 5.97 Å². The third-order valence-corrected chi connectivity index (χ3v) is 3.35. The van der Waals surface area contributed by atoms with E-state index in [1.165, 1.54) is 6.07 Å². The van der Waals surface area contributed by atoms with Crippen LogP contribution in [-0.2, 0) is 0 Å². The summed E-state index contributed by atoms with van der Waals surface area (Å²) < 4.78 is 0. The molecule has 5 heteroatoms. The van der Waals surface area contributed by atoms with Crippen LogP contribution < -0.4 is 4.90 Å². The number of carboxylic acids is 1. The molecule has 1 N–H and O–H groups in total. The number of carboxylic acid groups (broad SMARTS) is 1. The van der Waals surface area contributed by atoms with Crippen LogP contribution in [0.2, 0.25) is 5.02 Å². The van der Waals surface area contributed by atoms with Gasteiger partial charge in [-0.1, -0.05) is 11.6 Å². The number of ketones is 1. The largest absolute Gasteiger partial charge is 0.478 e. The van der Waals surface area contributed by atoms with Gasteiger partial charge in [-0.25, -0.2) is 4.79 Å². The van der Waals surface area contributed by atoms with Crippen LogP contribution in [0.25, 0.3) is 0 Å². The predicted octanol–water partition coefficient (Wildman–Crippen LogP) is 3.34. The van der Waals surface area contributed by atoms with Crippen molar-refractivity contribution in [3.63, 3.8) is 0 Å². The van der Waals surface area contributed by atoms with Crippen molar-refractivity contribution >= 4 is 29.0 Å². The molecule has 2 aromatic rings. The lowest BCUT2D eigenvalue weighted by Gasteiger charge is -2.15. The number of hydrogen-bond acceptors (Lipinski definition) is 3. The molecule has 0 aromatic heterocycles. The molecule has 0 spiro atoms. The second kappa shape index (κ2) is 5.97. The predicted molar refractivity (Wildman–Crippen MR) is 82.6 cm³/mol. The lowest BCUT2D eigenvalue weighted by atomic mass is 9.97. The van der Waals surface area contributed by atoms with E-state index >= 15 is 0 Å². The van der Waals surface area contributed by atoms with Crippen molar-refractivity contribution in [1.29, 1.82) is 0 Å². The molecule has 0 aliphatic carbocycles. The SMILES string of the molecule is CN(C)c1ccc(C(=O)O)c(C(=O)c2ccc(Cl)cc2)c1. The maximum Gasteiger partial charge on any atom is 0.336 e. The first kappa shape index (κ1) is 15.1. The van der Waals surface area contributed by atoms with E-state index < -0.39 is 5.97 Å². The summed E-state index contributed by atoms with van der Waals surface area (Å²) in [7, 11) is 3.65.